The number of hydrogen-bond acceptors (Lipinski definition) is 5. The number of hydrogen-bond donors (Lipinski definition) is 0. The minimum absolute atomic E-state index is 0.0759. The molecule has 0 amide bonds. The Morgan fingerprint density at radius 3 is 2.80 bits per heavy atom. The topological polar surface area (TPSA) is 61.6 Å². The third-order valence-electron chi connectivity index (χ3n) is 2.35. The minimum atomic E-state index is -3.01. The first-order valence-electron chi connectivity index (χ1n) is 5.69. The molecule has 0 aliphatic rings. The van der Waals surface area contributed by atoms with Crippen LogP contribution in [0.3, 0.4) is 0 Å². The van der Waals surface area contributed by atoms with Gasteiger partial charge >= 0.3 is 12.6 Å². The molecule has 1 aromatic carbocycles. The largest absolute Gasteiger partial charge is 0.455 e. The summed E-state index contributed by atoms with van der Waals surface area (Å²) in [5, 5.41) is 3.65. The maximum absolute atomic E-state index is 12.2. The quantitative estimate of drug-likeness (QED) is 0.789. The number of alkyl halides is 2. The van der Waals surface area contributed by atoms with Crippen molar-refractivity contribution in [3.05, 3.63) is 47.3 Å². The molecule has 0 fully saturated rings. The molecule has 0 atom stereocenters. The number of nitrogens with zero attached hydrogens (tertiary/aromatic N) is 1. The van der Waals surface area contributed by atoms with E-state index in [4.69, 9.17) is 9.26 Å². The number of esters is 1. The van der Waals surface area contributed by atoms with Gasteiger partial charge in [0.1, 0.15) is 29.4 Å². The summed E-state index contributed by atoms with van der Waals surface area (Å²) in [7, 11) is 0. The van der Waals surface area contributed by atoms with Crippen LogP contribution in [-0.4, -0.2) is 17.7 Å². The van der Waals surface area contributed by atoms with Gasteiger partial charge in [-0.1, -0.05) is 17.3 Å². The zero-order valence-corrected chi connectivity index (χ0v) is 10.5. The first kappa shape index (κ1) is 14.0. The summed E-state index contributed by atoms with van der Waals surface area (Å²) < 4.78 is 38.5. The predicted octanol–water partition coefficient (Wildman–Crippen LogP) is 2.94. The molecule has 0 N–H and O–H groups in total. The summed E-state index contributed by atoms with van der Waals surface area (Å²) >= 11 is 0. The van der Waals surface area contributed by atoms with E-state index in [9.17, 15) is 13.6 Å². The summed E-state index contributed by atoms with van der Waals surface area (Å²) in [6.45, 7) is -1.43. The number of aromatic nitrogens is 1. The van der Waals surface area contributed by atoms with Gasteiger partial charge in [-0.15, -0.1) is 0 Å². The van der Waals surface area contributed by atoms with Gasteiger partial charge in [0.15, 0.2) is 0 Å². The molecule has 20 heavy (non-hydrogen) atoms. The molecule has 5 nitrogen and oxygen atoms in total. The van der Waals surface area contributed by atoms with Crippen molar-refractivity contribution in [1.82, 2.24) is 5.16 Å². The summed E-state index contributed by atoms with van der Waals surface area (Å²) in [4.78, 5) is 11.8. The number of rotatable bonds is 5. The number of carbonyl (C=O) groups excluding carboxylic acids is 1. The van der Waals surface area contributed by atoms with Crippen LogP contribution < -0.4 is 4.74 Å². The molecule has 2 rings (SSSR count). The predicted molar refractivity (Wildman–Crippen MR) is 63.4 cm³/mol. The Bertz CT molecular complexity index is 598. The van der Waals surface area contributed by atoms with Crippen molar-refractivity contribution >= 4 is 5.97 Å². The van der Waals surface area contributed by atoms with Crippen molar-refractivity contribution in [1.29, 1.82) is 0 Å². The number of benzene rings is 1. The normalized spacial score (nSPS) is 10.6. The third kappa shape index (κ3) is 3.53. The van der Waals surface area contributed by atoms with Crippen LogP contribution in [-0.2, 0) is 11.3 Å². The van der Waals surface area contributed by atoms with Crippen molar-refractivity contribution < 1.29 is 27.6 Å². The van der Waals surface area contributed by atoms with Crippen LogP contribution >= 0.6 is 0 Å². The van der Waals surface area contributed by atoms with Gasteiger partial charge in [-0.25, -0.2) is 4.79 Å². The molecule has 106 valence electrons. The highest BCUT2D eigenvalue weighted by atomic mass is 19.3. The first-order valence-corrected chi connectivity index (χ1v) is 5.69. The monoisotopic (exact) mass is 283 g/mol. The molecule has 0 aliphatic heterocycles. The molecule has 0 saturated heterocycles. The van der Waals surface area contributed by atoms with Crippen LogP contribution in [0.2, 0.25) is 0 Å². The number of aryl methyl sites for hydroxylation is 1. The van der Waals surface area contributed by atoms with Crippen LogP contribution in [0.4, 0.5) is 8.78 Å². The van der Waals surface area contributed by atoms with Crippen molar-refractivity contribution in [2.75, 3.05) is 0 Å². The van der Waals surface area contributed by atoms with Crippen LogP contribution in [0, 0.1) is 6.92 Å². The molecular formula is C13H11F2NO4. The maximum Gasteiger partial charge on any atom is 0.387 e. The Balaban J connectivity index is 2.05. The molecule has 0 spiro atoms. The van der Waals surface area contributed by atoms with Gasteiger partial charge in [0.25, 0.3) is 0 Å². The van der Waals surface area contributed by atoms with Gasteiger partial charge in [-0.3, -0.25) is 0 Å². The zero-order chi connectivity index (χ0) is 14.5. The van der Waals surface area contributed by atoms with Crippen molar-refractivity contribution in [2.24, 2.45) is 0 Å². The number of halogens is 2. The Kier molecular flexibility index (Phi) is 4.29. The first-order chi connectivity index (χ1) is 9.56. The molecule has 0 unspecified atom stereocenters. The lowest BCUT2D eigenvalue weighted by Crippen LogP contribution is -2.10. The Hall–Kier alpha value is -2.44. The van der Waals surface area contributed by atoms with E-state index in [1.807, 2.05) is 0 Å². The summed E-state index contributed by atoms with van der Waals surface area (Å²) in [5.41, 5.74) is 0.358. The highest BCUT2D eigenvalue weighted by molar-refractivity contribution is 5.92. The maximum atomic E-state index is 12.2. The highest BCUT2D eigenvalue weighted by Gasteiger charge is 2.17. The molecule has 7 heteroatoms. The second-order valence-corrected chi connectivity index (χ2v) is 3.88. The lowest BCUT2D eigenvalue weighted by Gasteiger charge is -2.09. The SMILES string of the molecule is Cc1cc(COC(=O)c2ccccc2OC(F)F)no1. The summed E-state index contributed by atoms with van der Waals surface area (Å²) in [6, 6.07) is 7.22. The fraction of sp³-hybridized carbons (Fsp3) is 0.231. The molecular weight excluding hydrogens is 272 g/mol. The van der Waals surface area contributed by atoms with Crippen LogP contribution in [0.5, 0.6) is 5.75 Å². The van der Waals surface area contributed by atoms with E-state index in [-0.39, 0.29) is 17.9 Å². The minimum Gasteiger partial charge on any atom is -0.455 e. The van der Waals surface area contributed by atoms with Crippen molar-refractivity contribution in [3.63, 3.8) is 0 Å². The summed E-state index contributed by atoms with van der Waals surface area (Å²) in [5.74, 6) is -0.428. The van der Waals surface area contributed by atoms with Crippen molar-refractivity contribution in [2.45, 2.75) is 20.1 Å². The van der Waals surface area contributed by atoms with Gasteiger partial charge in [0, 0.05) is 6.07 Å². The van der Waals surface area contributed by atoms with E-state index in [0.717, 1.165) is 0 Å². The van der Waals surface area contributed by atoms with Crippen LogP contribution in [0.1, 0.15) is 21.8 Å². The van der Waals surface area contributed by atoms with Crippen molar-refractivity contribution in [3.8, 4) is 5.75 Å². The highest BCUT2D eigenvalue weighted by Crippen LogP contribution is 2.21. The molecule has 2 aromatic rings. The van der Waals surface area contributed by atoms with E-state index in [0.29, 0.717) is 11.5 Å². The Morgan fingerprint density at radius 2 is 2.15 bits per heavy atom. The number of ether oxygens (including phenoxy) is 2. The average Bonchev–Trinajstić information content (AvgIpc) is 2.82. The van der Waals surface area contributed by atoms with E-state index in [1.165, 1.54) is 24.3 Å². The lowest BCUT2D eigenvalue weighted by molar-refractivity contribution is -0.0505. The van der Waals surface area contributed by atoms with Gasteiger partial charge in [0.05, 0.1) is 0 Å². The Labute approximate surface area is 113 Å². The van der Waals surface area contributed by atoms with E-state index in [2.05, 4.69) is 9.89 Å². The smallest absolute Gasteiger partial charge is 0.387 e. The second kappa shape index (κ2) is 6.14. The van der Waals surface area contributed by atoms with Crippen LogP contribution in [0.15, 0.2) is 34.9 Å². The van der Waals surface area contributed by atoms with E-state index < -0.39 is 12.6 Å². The lowest BCUT2D eigenvalue weighted by atomic mass is 10.2. The summed E-state index contributed by atoms with van der Waals surface area (Å²) in [6.07, 6.45) is 0. The fourth-order valence-electron chi connectivity index (χ4n) is 1.54. The van der Waals surface area contributed by atoms with E-state index >= 15 is 0 Å². The average molecular weight is 283 g/mol. The third-order valence-corrected chi connectivity index (χ3v) is 2.35. The van der Waals surface area contributed by atoms with E-state index in [1.54, 1.807) is 13.0 Å². The molecule has 0 saturated carbocycles. The molecule has 0 bridgehead atoms. The second-order valence-electron chi connectivity index (χ2n) is 3.88. The molecule has 1 heterocycles. The standard InChI is InChI=1S/C13H11F2NO4/c1-8-6-9(16-20-8)7-18-12(17)10-4-2-3-5-11(10)19-13(14)15/h2-6,13H,7H2,1H3. The molecule has 0 aliphatic carbocycles. The molecule has 0 radical (unpaired) electrons. The fourth-order valence-corrected chi connectivity index (χ4v) is 1.54. The molecule has 1 aromatic heterocycles. The van der Waals surface area contributed by atoms with Gasteiger partial charge in [0.2, 0.25) is 0 Å². The van der Waals surface area contributed by atoms with Crippen LogP contribution in [0.25, 0.3) is 0 Å². The van der Waals surface area contributed by atoms with Gasteiger partial charge in [-0.2, -0.15) is 8.78 Å². The zero-order valence-electron chi connectivity index (χ0n) is 10.5. The Morgan fingerprint density at radius 1 is 1.40 bits per heavy atom. The number of para-hydroxylation sites is 1. The number of carbonyl (C=O) groups is 1. The van der Waals surface area contributed by atoms with Gasteiger partial charge < -0.3 is 14.0 Å². The van der Waals surface area contributed by atoms with Gasteiger partial charge in [-0.05, 0) is 19.1 Å².